The lowest BCUT2D eigenvalue weighted by molar-refractivity contribution is -0.379. The lowest BCUT2D eigenvalue weighted by Gasteiger charge is -2.48. The molecule has 17 atom stereocenters. The molecular weight excluding hydrogens is 1350 g/mol. The first-order valence-corrected chi connectivity index (χ1v) is 44.6. The van der Waals surface area contributed by atoms with Gasteiger partial charge in [-0.2, -0.15) is 0 Å². The van der Waals surface area contributed by atoms with Crippen molar-refractivity contribution in [1.82, 2.24) is 5.32 Å². The number of unbranched alkanes of at least 4 members (excludes halogenated alkanes) is 55. The molecule has 12 N–H and O–H groups in total. The molecule has 3 saturated heterocycles. The molecule has 3 heterocycles. The predicted octanol–water partition coefficient (Wildman–Crippen LogP) is 16.5. The molecule has 3 rings (SSSR count). The monoisotopic (exact) mass is 1510 g/mol. The van der Waals surface area contributed by atoms with E-state index >= 15 is 0 Å². The Morgan fingerprint density at radius 1 is 0.330 bits per heavy atom. The van der Waals surface area contributed by atoms with Crippen LogP contribution in [0.3, 0.4) is 0 Å². The van der Waals surface area contributed by atoms with Crippen molar-refractivity contribution in [3.8, 4) is 0 Å². The molecule has 0 radical (unpaired) electrons. The van der Waals surface area contributed by atoms with E-state index in [2.05, 4.69) is 31.3 Å². The Kier molecular flexibility index (Phi) is 62.9. The number of amides is 1. The van der Waals surface area contributed by atoms with E-state index in [0.717, 1.165) is 44.9 Å². The van der Waals surface area contributed by atoms with Crippen LogP contribution < -0.4 is 5.32 Å². The molecule has 0 spiro atoms. The van der Waals surface area contributed by atoms with Crippen LogP contribution in [0.2, 0.25) is 0 Å². The summed E-state index contributed by atoms with van der Waals surface area (Å²) in [6, 6.07) is -0.972. The Balaban J connectivity index is 1.33. The molecule has 19 nitrogen and oxygen atoms in total. The molecule has 106 heavy (non-hydrogen) atoms. The van der Waals surface area contributed by atoms with Crippen LogP contribution in [0.15, 0.2) is 24.3 Å². The Bertz CT molecular complexity index is 2000. The van der Waals surface area contributed by atoms with Gasteiger partial charge < -0.3 is 89.9 Å². The summed E-state index contributed by atoms with van der Waals surface area (Å²) in [5, 5.41) is 121. The van der Waals surface area contributed by atoms with Gasteiger partial charge in [-0.1, -0.05) is 366 Å². The van der Waals surface area contributed by atoms with Crippen LogP contribution in [-0.4, -0.2) is 193 Å². The number of carbonyl (C=O) groups is 1. The number of ether oxygens (including phenoxy) is 6. The van der Waals surface area contributed by atoms with Gasteiger partial charge in [0.25, 0.3) is 0 Å². The lowest BCUT2D eigenvalue weighted by Crippen LogP contribution is -2.66. The van der Waals surface area contributed by atoms with Crippen molar-refractivity contribution in [3.63, 3.8) is 0 Å². The third kappa shape index (κ3) is 46.4. The molecule has 0 bridgehead atoms. The molecule has 0 aromatic carbocycles. The van der Waals surface area contributed by atoms with E-state index in [0.29, 0.717) is 6.42 Å². The highest BCUT2D eigenvalue weighted by Gasteiger charge is 2.54. The first kappa shape index (κ1) is 98.5. The van der Waals surface area contributed by atoms with E-state index in [-0.39, 0.29) is 18.9 Å². The second kappa shape index (κ2) is 67.7. The number of aliphatic hydroxyl groups excluding tert-OH is 11. The second-order valence-corrected chi connectivity index (χ2v) is 32.1. The number of carbonyl (C=O) groups excluding carboxylic acids is 1. The topological polar surface area (TPSA) is 307 Å². The molecular formula is C87H165NO18. The van der Waals surface area contributed by atoms with Crippen molar-refractivity contribution in [2.24, 2.45) is 0 Å². The molecule has 1 amide bonds. The van der Waals surface area contributed by atoms with Gasteiger partial charge >= 0.3 is 0 Å². The highest BCUT2D eigenvalue weighted by Crippen LogP contribution is 2.34. The number of hydrogen-bond acceptors (Lipinski definition) is 18. The molecule has 3 aliphatic heterocycles. The summed E-state index contributed by atoms with van der Waals surface area (Å²) in [5.74, 6) is -0.266. The van der Waals surface area contributed by atoms with Crippen molar-refractivity contribution in [2.75, 3.05) is 26.4 Å². The molecule has 19 heteroatoms. The van der Waals surface area contributed by atoms with Crippen LogP contribution >= 0.6 is 0 Å². The zero-order valence-electron chi connectivity index (χ0n) is 67.4. The molecule has 3 aliphatic rings. The average Bonchev–Trinajstić information content (AvgIpc) is 0.781. The molecule has 3 fully saturated rings. The average molecular weight is 1510 g/mol. The Morgan fingerprint density at radius 2 is 0.594 bits per heavy atom. The van der Waals surface area contributed by atoms with Crippen LogP contribution in [-0.2, 0) is 33.2 Å². The number of nitrogens with one attached hydrogen (secondary N) is 1. The molecule has 626 valence electrons. The normalized spacial score (nSPS) is 25.7. The third-order valence-corrected chi connectivity index (χ3v) is 22.5. The van der Waals surface area contributed by atoms with Gasteiger partial charge in [0.1, 0.15) is 73.2 Å². The van der Waals surface area contributed by atoms with Crippen molar-refractivity contribution >= 4 is 5.91 Å². The summed E-state index contributed by atoms with van der Waals surface area (Å²) in [6.45, 7) is 1.81. The summed E-state index contributed by atoms with van der Waals surface area (Å²) in [5.41, 5.74) is 0. The predicted molar refractivity (Wildman–Crippen MR) is 425 cm³/mol. The first-order valence-electron chi connectivity index (χ1n) is 44.6. The standard InChI is InChI=1S/C87H165NO18/c1-3-5-7-9-11-13-15-17-19-21-23-25-27-29-31-33-34-35-36-37-39-41-43-45-47-49-51-53-55-57-59-61-63-65-75(93)88-70(71(92)64-62-60-58-56-54-52-50-48-46-44-42-40-38-32-30-28-26-24-22-20-18-16-14-12-10-8-6-4-2)69-101-85-81(99)78(96)83(73(67-90)103-85)106-87-82(100)79(97)84(74(68-91)104-87)105-86-80(98)77(95)76(94)72(66-89)102-86/h21,23,62,64,70-74,76-87,89-92,94-100H,3-20,22,24-61,63,65-69H2,1-2H3,(H,88,93)/b23-21-,64-62+. The molecule has 0 aliphatic carbocycles. The van der Waals surface area contributed by atoms with E-state index in [9.17, 15) is 61.0 Å². The highest BCUT2D eigenvalue weighted by atomic mass is 16.8. The van der Waals surface area contributed by atoms with Crippen molar-refractivity contribution in [1.29, 1.82) is 0 Å². The summed E-state index contributed by atoms with van der Waals surface area (Å²) in [4.78, 5) is 13.5. The van der Waals surface area contributed by atoms with Crippen LogP contribution in [0.5, 0.6) is 0 Å². The maximum absolute atomic E-state index is 13.5. The quantitative estimate of drug-likeness (QED) is 0.0199. The molecule has 0 saturated carbocycles. The van der Waals surface area contributed by atoms with Gasteiger partial charge in [0.2, 0.25) is 5.91 Å². The van der Waals surface area contributed by atoms with Gasteiger partial charge in [0.05, 0.1) is 38.6 Å². The summed E-state index contributed by atoms with van der Waals surface area (Å²) in [7, 11) is 0. The van der Waals surface area contributed by atoms with Crippen LogP contribution in [0.25, 0.3) is 0 Å². The van der Waals surface area contributed by atoms with Crippen molar-refractivity contribution < 1.29 is 89.4 Å². The van der Waals surface area contributed by atoms with Crippen LogP contribution in [0.1, 0.15) is 393 Å². The minimum absolute atomic E-state index is 0.249. The van der Waals surface area contributed by atoms with E-state index in [1.54, 1.807) is 6.08 Å². The fourth-order valence-corrected chi connectivity index (χ4v) is 15.4. The van der Waals surface area contributed by atoms with Gasteiger partial charge in [-0.15, -0.1) is 0 Å². The molecule has 0 aromatic rings. The van der Waals surface area contributed by atoms with Gasteiger partial charge in [-0.25, -0.2) is 0 Å². The minimum Gasteiger partial charge on any atom is -0.394 e. The zero-order chi connectivity index (χ0) is 76.7. The summed E-state index contributed by atoms with van der Waals surface area (Å²) < 4.78 is 34.5. The second-order valence-electron chi connectivity index (χ2n) is 32.1. The van der Waals surface area contributed by atoms with Gasteiger partial charge in [0.15, 0.2) is 18.9 Å². The van der Waals surface area contributed by atoms with Gasteiger partial charge in [0, 0.05) is 6.42 Å². The summed E-state index contributed by atoms with van der Waals surface area (Å²) >= 11 is 0. The van der Waals surface area contributed by atoms with Crippen LogP contribution in [0.4, 0.5) is 0 Å². The number of rotatable bonds is 73. The maximum Gasteiger partial charge on any atom is 0.220 e. The summed E-state index contributed by atoms with van der Waals surface area (Å²) in [6.07, 6.45) is 57.6. The van der Waals surface area contributed by atoms with Crippen LogP contribution in [0, 0.1) is 0 Å². The van der Waals surface area contributed by atoms with E-state index < -0.39 is 124 Å². The minimum atomic E-state index is -1.98. The van der Waals surface area contributed by atoms with Crippen molar-refractivity contribution in [2.45, 2.75) is 497 Å². The Hall–Kier alpha value is -1.73. The SMILES string of the molecule is CCCCCCCCCC/C=C\CCCCCCCCCCCCCCCCCCCCCCCC(=O)NC(COC1OC(CO)C(OC2OC(CO)C(OC3OC(CO)C(O)C(O)C3O)C(O)C2O)C(O)C1O)C(O)/C=C/CCCCCCCCCCCCCCCCCCCCCCCCCCCC. The largest absolute Gasteiger partial charge is 0.394 e. The van der Waals surface area contributed by atoms with E-state index in [1.165, 1.54) is 321 Å². The van der Waals surface area contributed by atoms with Gasteiger partial charge in [-0.05, 0) is 44.9 Å². The smallest absolute Gasteiger partial charge is 0.220 e. The molecule has 17 unspecified atom stereocenters. The number of hydrogen-bond donors (Lipinski definition) is 12. The first-order chi connectivity index (χ1) is 51.8. The van der Waals surface area contributed by atoms with E-state index in [1.807, 2.05) is 6.08 Å². The number of aliphatic hydroxyl groups is 11. The van der Waals surface area contributed by atoms with Crippen molar-refractivity contribution in [3.05, 3.63) is 24.3 Å². The third-order valence-electron chi connectivity index (χ3n) is 22.5. The lowest BCUT2D eigenvalue weighted by atomic mass is 9.96. The fraction of sp³-hybridized carbons (Fsp3) is 0.943. The Labute approximate surface area is 645 Å². The fourth-order valence-electron chi connectivity index (χ4n) is 15.4. The highest BCUT2D eigenvalue weighted by molar-refractivity contribution is 5.76. The van der Waals surface area contributed by atoms with E-state index in [4.69, 9.17) is 28.4 Å². The number of allylic oxidation sites excluding steroid dienone is 3. The Morgan fingerprint density at radius 3 is 0.915 bits per heavy atom. The zero-order valence-corrected chi connectivity index (χ0v) is 67.4. The van der Waals surface area contributed by atoms with Gasteiger partial charge in [-0.3, -0.25) is 4.79 Å². The molecule has 0 aromatic heterocycles. The maximum atomic E-state index is 13.5.